The summed E-state index contributed by atoms with van der Waals surface area (Å²) in [5, 5.41) is 2.38. The minimum Gasteiger partial charge on any atom is -0.373 e. The summed E-state index contributed by atoms with van der Waals surface area (Å²) in [6.45, 7) is 1.90. The van der Waals surface area contributed by atoms with Gasteiger partial charge in [-0.25, -0.2) is 8.78 Å². The Morgan fingerprint density at radius 1 is 1.00 bits per heavy atom. The van der Waals surface area contributed by atoms with Crippen LogP contribution in [0.3, 0.4) is 0 Å². The Morgan fingerprint density at radius 2 is 1.61 bits per heavy atom. The molecule has 0 saturated carbocycles. The second-order valence-electron chi connectivity index (χ2n) is 6.60. The maximum atomic E-state index is 13.9. The highest BCUT2D eigenvalue weighted by molar-refractivity contribution is 7.14. The van der Waals surface area contributed by atoms with Gasteiger partial charge in [0, 0.05) is 50.3 Å². The summed E-state index contributed by atoms with van der Waals surface area (Å²) in [5.41, 5.74) is -0.208. The fourth-order valence-electron chi connectivity index (χ4n) is 2.63. The molecule has 0 radical (unpaired) electrons. The average Bonchev–Trinajstić information content (AvgIpc) is 3.03. The van der Waals surface area contributed by atoms with Gasteiger partial charge in [-0.1, -0.05) is 0 Å². The molecular weight excluding hydrogens is 386 g/mol. The van der Waals surface area contributed by atoms with Gasteiger partial charge in [-0.15, -0.1) is 11.3 Å². The van der Waals surface area contributed by atoms with Crippen molar-refractivity contribution in [1.82, 2.24) is 0 Å². The van der Waals surface area contributed by atoms with Gasteiger partial charge in [0.1, 0.15) is 11.5 Å². The lowest BCUT2D eigenvalue weighted by atomic mass is 10.1. The minimum absolute atomic E-state index is 0.0127. The fourth-order valence-corrected chi connectivity index (χ4v) is 3.46. The van der Waals surface area contributed by atoms with E-state index < -0.39 is 17.5 Å². The van der Waals surface area contributed by atoms with Crippen molar-refractivity contribution in [3.8, 4) is 0 Å². The van der Waals surface area contributed by atoms with E-state index in [1.807, 2.05) is 13.0 Å². The Morgan fingerprint density at radius 3 is 2.14 bits per heavy atom. The summed E-state index contributed by atoms with van der Waals surface area (Å²) < 4.78 is 27.9. The van der Waals surface area contributed by atoms with E-state index in [0.29, 0.717) is 4.88 Å². The number of hydrogen-bond donors (Lipinski definition) is 1. The Kier molecular flexibility index (Phi) is 7.39. The number of halogens is 2. The SMILES string of the molecule is Cc1ccc(C(=O)CCC(=O)CCC(=O)Nc2cc(F)c(N(C)C)c(F)c2)s1. The molecule has 5 nitrogen and oxygen atoms in total. The van der Waals surface area contributed by atoms with E-state index in [1.54, 1.807) is 6.07 Å². The highest BCUT2D eigenvalue weighted by Gasteiger charge is 2.15. The van der Waals surface area contributed by atoms with Crippen LogP contribution in [-0.4, -0.2) is 31.6 Å². The first-order chi connectivity index (χ1) is 13.2. The quantitative estimate of drug-likeness (QED) is 0.627. The molecule has 0 aliphatic heterocycles. The van der Waals surface area contributed by atoms with Gasteiger partial charge in [0.25, 0.3) is 0 Å². The van der Waals surface area contributed by atoms with Gasteiger partial charge < -0.3 is 10.2 Å². The van der Waals surface area contributed by atoms with Crippen molar-refractivity contribution in [2.24, 2.45) is 0 Å². The lowest BCUT2D eigenvalue weighted by molar-refractivity contribution is -0.122. The number of carbonyl (C=O) groups excluding carboxylic acids is 3. The number of thiophene rings is 1. The molecule has 0 bridgehead atoms. The molecule has 1 aromatic heterocycles. The number of nitrogens with one attached hydrogen (secondary N) is 1. The summed E-state index contributed by atoms with van der Waals surface area (Å²) >= 11 is 1.38. The van der Waals surface area contributed by atoms with Crippen LogP contribution in [0.15, 0.2) is 24.3 Å². The summed E-state index contributed by atoms with van der Waals surface area (Å²) in [5.74, 6) is -2.41. The number of hydrogen-bond acceptors (Lipinski definition) is 5. The van der Waals surface area contributed by atoms with E-state index in [1.165, 1.54) is 30.3 Å². The molecule has 0 saturated heterocycles. The van der Waals surface area contributed by atoms with E-state index in [9.17, 15) is 23.2 Å². The van der Waals surface area contributed by atoms with Gasteiger partial charge in [-0.3, -0.25) is 14.4 Å². The Bertz CT molecular complexity index is 870. The number of amides is 1. The molecule has 2 rings (SSSR count). The van der Waals surface area contributed by atoms with Crippen LogP contribution in [-0.2, 0) is 9.59 Å². The summed E-state index contributed by atoms with van der Waals surface area (Å²) in [6.07, 6.45) is -0.000192. The maximum Gasteiger partial charge on any atom is 0.224 e. The van der Waals surface area contributed by atoms with E-state index in [2.05, 4.69) is 5.32 Å². The first-order valence-corrected chi connectivity index (χ1v) is 9.56. The third kappa shape index (κ3) is 5.95. The first kappa shape index (κ1) is 21.7. The Balaban J connectivity index is 1.80. The highest BCUT2D eigenvalue weighted by Crippen LogP contribution is 2.25. The topological polar surface area (TPSA) is 66.5 Å². The molecule has 0 atom stereocenters. The minimum atomic E-state index is -0.793. The number of benzene rings is 1. The van der Waals surface area contributed by atoms with Gasteiger partial charge in [0.15, 0.2) is 17.4 Å². The van der Waals surface area contributed by atoms with Crippen LogP contribution in [0.2, 0.25) is 0 Å². The zero-order valence-corrected chi connectivity index (χ0v) is 16.8. The molecule has 1 N–H and O–H groups in total. The van der Waals surface area contributed by atoms with Gasteiger partial charge >= 0.3 is 0 Å². The molecule has 0 fully saturated rings. The predicted octanol–water partition coefficient (Wildman–Crippen LogP) is 4.35. The van der Waals surface area contributed by atoms with Crippen LogP contribution >= 0.6 is 11.3 Å². The lowest BCUT2D eigenvalue weighted by Crippen LogP contribution is -2.16. The summed E-state index contributed by atoms with van der Waals surface area (Å²) in [6, 6.07) is 5.64. The fraction of sp³-hybridized carbons (Fsp3) is 0.350. The van der Waals surface area contributed by atoms with Gasteiger partial charge in [-0.2, -0.15) is 0 Å². The first-order valence-electron chi connectivity index (χ1n) is 8.75. The van der Waals surface area contributed by atoms with Crippen LogP contribution in [0.5, 0.6) is 0 Å². The molecule has 0 aliphatic carbocycles. The molecule has 8 heteroatoms. The molecule has 0 unspecified atom stereocenters. The number of nitrogens with zero attached hydrogens (tertiary/aromatic N) is 1. The number of rotatable bonds is 9. The van der Waals surface area contributed by atoms with Crippen LogP contribution in [0.25, 0.3) is 0 Å². The molecule has 28 heavy (non-hydrogen) atoms. The maximum absolute atomic E-state index is 13.9. The summed E-state index contributed by atoms with van der Waals surface area (Å²) in [4.78, 5) is 38.8. The monoisotopic (exact) mass is 408 g/mol. The van der Waals surface area contributed by atoms with Gasteiger partial charge in [-0.05, 0) is 31.2 Å². The van der Waals surface area contributed by atoms with Crippen molar-refractivity contribution >= 4 is 40.2 Å². The normalized spacial score (nSPS) is 10.6. The summed E-state index contributed by atoms with van der Waals surface area (Å²) in [7, 11) is 3.02. The largest absolute Gasteiger partial charge is 0.373 e. The van der Waals surface area contributed by atoms with E-state index in [-0.39, 0.29) is 48.6 Å². The Hall–Kier alpha value is -2.61. The molecule has 0 aliphatic rings. The van der Waals surface area contributed by atoms with Crippen molar-refractivity contribution in [3.05, 3.63) is 45.7 Å². The number of Topliss-reactive ketones (excluding diaryl/α,β-unsaturated/α-hetero) is 2. The molecule has 1 aromatic carbocycles. The number of carbonyl (C=O) groups is 3. The zero-order chi connectivity index (χ0) is 20.8. The van der Waals surface area contributed by atoms with Crippen LogP contribution in [0.4, 0.5) is 20.2 Å². The second kappa shape index (κ2) is 9.54. The molecule has 1 amide bonds. The predicted molar refractivity (Wildman–Crippen MR) is 106 cm³/mol. The van der Waals surface area contributed by atoms with Gasteiger partial charge in [0.05, 0.1) is 4.88 Å². The molecule has 0 spiro atoms. The van der Waals surface area contributed by atoms with Gasteiger partial charge in [0.2, 0.25) is 5.91 Å². The van der Waals surface area contributed by atoms with Crippen molar-refractivity contribution < 1.29 is 23.2 Å². The third-order valence-electron chi connectivity index (χ3n) is 4.02. The van der Waals surface area contributed by atoms with Crippen LogP contribution in [0, 0.1) is 18.6 Å². The third-order valence-corrected chi connectivity index (χ3v) is 5.07. The van der Waals surface area contributed by atoms with Crippen molar-refractivity contribution in [3.63, 3.8) is 0 Å². The number of aryl methyl sites for hydroxylation is 1. The van der Waals surface area contributed by atoms with Crippen molar-refractivity contribution in [2.45, 2.75) is 32.6 Å². The Labute approximate surface area is 166 Å². The molecule has 150 valence electrons. The zero-order valence-electron chi connectivity index (χ0n) is 16.0. The number of ketones is 2. The van der Waals surface area contributed by atoms with E-state index in [4.69, 9.17) is 0 Å². The van der Waals surface area contributed by atoms with Crippen molar-refractivity contribution in [1.29, 1.82) is 0 Å². The van der Waals surface area contributed by atoms with E-state index in [0.717, 1.165) is 17.0 Å². The standard InChI is InChI=1S/C20H22F2N2O3S/c1-12-4-8-18(28-12)17(26)7-5-14(25)6-9-19(27)23-13-10-15(21)20(24(2)3)16(22)11-13/h4,8,10-11H,5-7,9H2,1-3H3,(H,23,27). The molecule has 2 aromatic rings. The average molecular weight is 408 g/mol. The van der Waals surface area contributed by atoms with Crippen LogP contribution < -0.4 is 10.2 Å². The highest BCUT2D eigenvalue weighted by atomic mass is 32.1. The second-order valence-corrected chi connectivity index (χ2v) is 7.89. The smallest absolute Gasteiger partial charge is 0.224 e. The number of anilines is 2. The van der Waals surface area contributed by atoms with E-state index >= 15 is 0 Å². The molecule has 1 heterocycles. The lowest BCUT2D eigenvalue weighted by Gasteiger charge is -2.15. The van der Waals surface area contributed by atoms with Crippen LogP contribution in [0.1, 0.15) is 40.2 Å². The van der Waals surface area contributed by atoms with Crippen molar-refractivity contribution in [2.75, 3.05) is 24.3 Å². The molecular formula is C20H22F2N2O3S.